The van der Waals surface area contributed by atoms with Crippen molar-refractivity contribution in [1.29, 1.82) is 0 Å². The smallest absolute Gasteiger partial charge is 0.243 e. The first-order valence-corrected chi connectivity index (χ1v) is 11.7. The van der Waals surface area contributed by atoms with E-state index in [9.17, 15) is 8.42 Å². The summed E-state index contributed by atoms with van der Waals surface area (Å²) in [6.45, 7) is 7.32. The Morgan fingerprint density at radius 2 is 1.67 bits per heavy atom. The molecule has 4 rings (SSSR count). The van der Waals surface area contributed by atoms with E-state index in [4.69, 9.17) is 14.5 Å². The average molecular weight is 434 g/mol. The fourth-order valence-electron chi connectivity index (χ4n) is 3.61. The van der Waals surface area contributed by atoms with E-state index in [-0.39, 0.29) is 4.90 Å². The number of benzene rings is 1. The lowest BCUT2D eigenvalue weighted by atomic mass is 10.3. The monoisotopic (exact) mass is 433 g/mol. The van der Waals surface area contributed by atoms with Gasteiger partial charge in [0.25, 0.3) is 0 Å². The van der Waals surface area contributed by atoms with E-state index in [1.807, 2.05) is 13.0 Å². The molecule has 1 aromatic carbocycles. The molecule has 0 aliphatic carbocycles. The van der Waals surface area contributed by atoms with E-state index in [2.05, 4.69) is 14.8 Å². The highest BCUT2D eigenvalue weighted by Gasteiger charge is 2.29. The first-order valence-electron chi connectivity index (χ1n) is 10.2. The molecule has 9 nitrogen and oxygen atoms in total. The number of hydrogen-bond acceptors (Lipinski definition) is 8. The van der Waals surface area contributed by atoms with Crippen LogP contribution in [0, 0.1) is 0 Å². The Bertz CT molecular complexity index is 940. The third-order valence-corrected chi connectivity index (χ3v) is 7.17. The van der Waals surface area contributed by atoms with E-state index >= 15 is 0 Å². The molecule has 162 valence electrons. The molecule has 0 radical (unpaired) electrons. The number of hydrogen-bond donors (Lipinski definition) is 0. The Hall–Kier alpha value is -2.43. The molecule has 10 heteroatoms. The zero-order valence-electron chi connectivity index (χ0n) is 17.1. The highest BCUT2D eigenvalue weighted by molar-refractivity contribution is 7.89. The molecule has 0 atom stereocenters. The summed E-state index contributed by atoms with van der Waals surface area (Å²) in [7, 11) is -3.53. The number of rotatable bonds is 6. The summed E-state index contributed by atoms with van der Waals surface area (Å²) in [5.74, 6) is 2.19. The van der Waals surface area contributed by atoms with Crippen LogP contribution in [-0.4, -0.2) is 81.8 Å². The number of morpholine rings is 1. The molecule has 0 N–H and O–H groups in total. The number of sulfonamides is 1. The van der Waals surface area contributed by atoms with Crippen molar-refractivity contribution in [3.8, 4) is 5.75 Å². The minimum atomic E-state index is -3.53. The molecule has 2 aliphatic rings. The molecule has 0 bridgehead atoms. The van der Waals surface area contributed by atoms with Crippen LogP contribution in [0.15, 0.2) is 41.4 Å². The summed E-state index contributed by atoms with van der Waals surface area (Å²) in [5.41, 5.74) is 0. The van der Waals surface area contributed by atoms with Crippen molar-refractivity contribution >= 4 is 21.8 Å². The largest absolute Gasteiger partial charge is 0.494 e. The summed E-state index contributed by atoms with van der Waals surface area (Å²) >= 11 is 0. The lowest BCUT2D eigenvalue weighted by molar-refractivity contribution is 0.122. The van der Waals surface area contributed by atoms with Gasteiger partial charge in [-0.2, -0.15) is 9.29 Å². The molecule has 3 heterocycles. The summed E-state index contributed by atoms with van der Waals surface area (Å²) in [4.78, 5) is 13.6. The van der Waals surface area contributed by atoms with E-state index in [1.165, 1.54) is 4.31 Å². The van der Waals surface area contributed by atoms with Crippen LogP contribution < -0.4 is 14.5 Å². The van der Waals surface area contributed by atoms with E-state index in [0.717, 1.165) is 18.9 Å². The van der Waals surface area contributed by atoms with Gasteiger partial charge >= 0.3 is 0 Å². The lowest BCUT2D eigenvalue weighted by Gasteiger charge is -2.35. The van der Waals surface area contributed by atoms with Gasteiger partial charge < -0.3 is 19.3 Å². The van der Waals surface area contributed by atoms with Crippen LogP contribution in [0.4, 0.5) is 11.8 Å². The fraction of sp³-hybridized carbons (Fsp3) is 0.500. The van der Waals surface area contributed by atoms with Crippen molar-refractivity contribution in [3.05, 3.63) is 36.5 Å². The SMILES string of the molecule is CCOc1ccc(S(=O)(=O)N2CCN(c3ccnc(N4CCOCC4)n3)CC2)cc1. The molecule has 0 spiro atoms. The Labute approximate surface area is 177 Å². The molecule has 0 saturated carbocycles. The van der Waals surface area contributed by atoms with Gasteiger partial charge in [-0.1, -0.05) is 0 Å². The molecule has 2 fully saturated rings. The molecular formula is C20H27N5O4S. The molecule has 1 aromatic heterocycles. The van der Waals surface area contributed by atoms with E-state index in [0.29, 0.717) is 57.7 Å². The first-order chi connectivity index (χ1) is 14.6. The Morgan fingerprint density at radius 3 is 2.33 bits per heavy atom. The van der Waals surface area contributed by atoms with Crippen molar-refractivity contribution in [2.75, 3.05) is 68.9 Å². The Kier molecular flexibility index (Phi) is 6.35. The first kappa shape index (κ1) is 20.8. The van der Waals surface area contributed by atoms with Gasteiger partial charge in [0.1, 0.15) is 11.6 Å². The van der Waals surface area contributed by atoms with Gasteiger partial charge in [-0.05, 0) is 37.3 Å². The van der Waals surface area contributed by atoms with Gasteiger partial charge in [0.15, 0.2) is 0 Å². The number of piperazine rings is 1. The highest BCUT2D eigenvalue weighted by atomic mass is 32.2. The maximum absolute atomic E-state index is 13.0. The summed E-state index contributed by atoms with van der Waals surface area (Å²) < 4.78 is 38.3. The second-order valence-corrected chi connectivity index (χ2v) is 9.05. The third-order valence-electron chi connectivity index (χ3n) is 5.26. The lowest BCUT2D eigenvalue weighted by Crippen LogP contribution is -2.49. The Morgan fingerprint density at radius 1 is 0.967 bits per heavy atom. The molecule has 2 aliphatic heterocycles. The van der Waals surface area contributed by atoms with Crippen LogP contribution in [-0.2, 0) is 14.8 Å². The summed E-state index contributed by atoms with van der Waals surface area (Å²) in [6.07, 6.45) is 1.76. The zero-order valence-corrected chi connectivity index (χ0v) is 17.9. The third kappa shape index (κ3) is 4.50. The molecule has 0 unspecified atom stereocenters. The second-order valence-electron chi connectivity index (χ2n) is 7.11. The minimum Gasteiger partial charge on any atom is -0.494 e. The van der Waals surface area contributed by atoms with Crippen molar-refractivity contribution in [3.63, 3.8) is 0 Å². The van der Waals surface area contributed by atoms with Gasteiger partial charge in [-0.3, -0.25) is 0 Å². The quantitative estimate of drug-likeness (QED) is 0.672. The van der Waals surface area contributed by atoms with E-state index < -0.39 is 10.0 Å². The van der Waals surface area contributed by atoms with Crippen molar-refractivity contribution in [2.24, 2.45) is 0 Å². The van der Waals surface area contributed by atoms with Gasteiger partial charge in [0.05, 0.1) is 24.7 Å². The van der Waals surface area contributed by atoms with Crippen molar-refractivity contribution < 1.29 is 17.9 Å². The van der Waals surface area contributed by atoms with Crippen LogP contribution in [0.3, 0.4) is 0 Å². The van der Waals surface area contributed by atoms with Crippen LogP contribution in [0.2, 0.25) is 0 Å². The Balaban J connectivity index is 1.41. The maximum Gasteiger partial charge on any atom is 0.243 e. The molecule has 2 aromatic rings. The summed E-state index contributed by atoms with van der Waals surface area (Å²) in [6, 6.07) is 8.47. The average Bonchev–Trinajstić information content (AvgIpc) is 2.80. The van der Waals surface area contributed by atoms with Crippen molar-refractivity contribution in [2.45, 2.75) is 11.8 Å². The number of anilines is 2. The number of ether oxygens (including phenoxy) is 2. The van der Waals surface area contributed by atoms with Crippen LogP contribution in [0.25, 0.3) is 0 Å². The topological polar surface area (TPSA) is 88.1 Å². The molecule has 30 heavy (non-hydrogen) atoms. The standard InChI is InChI=1S/C20H27N5O4S/c1-2-29-17-3-5-18(6-4-17)30(26,27)25-11-9-23(10-12-25)19-7-8-21-20(22-19)24-13-15-28-16-14-24/h3-8H,2,9-16H2,1H3. The highest BCUT2D eigenvalue weighted by Crippen LogP contribution is 2.23. The normalized spacial score (nSPS) is 18.4. The van der Waals surface area contributed by atoms with E-state index in [1.54, 1.807) is 30.5 Å². The van der Waals surface area contributed by atoms with Crippen LogP contribution >= 0.6 is 0 Å². The van der Waals surface area contributed by atoms with Gasteiger partial charge in [-0.15, -0.1) is 0 Å². The second kappa shape index (κ2) is 9.15. The molecule has 0 amide bonds. The zero-order chi connectivity index (χ0) is 21.0. The predicted molar refractivity (Wildman–Crippen MR) is 114 cm³/mol. The predicted octanol–water partition coefficient (Wildman–Crippen LogP) is 1.22. The minimum absolute atomic E-state index is 0.288. The molecule has 2 saturated heterocycles. The molecular weight excluding hydrogens is 406 g/mol. The van der Waals surface area contributed by atoms with Crippen LogP contribution in [0.5, 0.6) is 5.75 Å². The number of aromatic nitrogens is 2. The van der Waals surface area contributed by atoms with Crippen molar-refractivity contribution in [1.82, 2.24) is 14.3 Å². The maximum atomic E-state index is 13.0. The van der Waals surface area contributed by atoms with Gasteiger partial charge in [0, 0.05) is 45.5 Å². The summed E-state index contributed by atoms with van der Waals surface area (Å²) in [5, 5.41) is 0. The van der Waals surface area contributed by atoms with Gasteiger partial charge in [0.2, 0.25) is 16.0 Å². The fourth-order valence-corrected chi connectivity index (χ4v) is 5.03. The number of nitrogens with zero attached hydrogens (tertiary/aromatic N) is 5. The van der Waals surface area contributed by atoms with Gasteiger partial charge in [-0.25, -0.2) is 13.4 Å². The van der Waals surface area contributed by atoms with Crippen LogP contribution in [0.1, 0.15) is 6.92 Å².